The minimum absolute atomic E-state index is 0.0694. The maximum Gasteiger partial charge on any atom is 0.223 e. The zero-order valence-electron chi connectivity index (χ0n) is 15.3. The summed E-state index contributed by atoms with van der Waals surface area (Å²) in [6.07, 6.45) is 3.46. The van der Waals surface area contributed by atoms with E-state index in [1.54, 1.807) is 12.1 Å². The van der Waals surface area contributed by atoms with E-state index in [0.29, 0.717) is 17.8 Å². The van der Waals surface area contributed by atoms with Gasteiger partial charge < -0.3 is 9.88 Å². The number of hydrogen-bond donors (Lipinski definition) is 1. The number of nitriles is 1. The molecule has 3 aromatic rings. The molecule has 140 valence electrons. The lowest BCUT2D eigenvalue weighted by Gasteiger charge is -2.14. The normalized spacial score (nSPS) is 18.1. The number of aromatic nitrogens is 2. The SMILES string of the molecule is N#Cc1ccc2c(c1)c1c(n2Cc2cccc(F)n2)C[C@H](NC(=O)C2CC2)C1. The van der Waals surface area contributed by atoms with Gasteiger partial charge in [0.15, 0.2) is 0 Å². The number of fused-ring (bicyclic) bond motifs is 3. The predicted molar refractivity (Wildman–Crippen MR) is 102 cm³/mol. The molecule has 0 bridgehead atoms. The summed E-state index contributed by atoms with van der Waals surface area (Å²) in [6, 6.07) is 12.7. The first-order chi connectivity index (χ1) is 13.6. The first-order valence-corrected chi connectivity index (χ1v) is 9.58. The summed E-state index contributed by atoms with van der Waals surface area (Å²) in [7, 11) is 0. The zero-order chi connectivity index (χ0) is 19.3. The minimum atomic E-state index is -0.494. The fourth-order valence-electron chi connectivity index (χ4n) is 4.21. The highest BCUT2D eigenvalue weighted by Gasteiger charge is 2.34. The van der Waals surface area contributed by atoms with Gasteiger partial charge in [0.25, 0.3) is 0 Å². The number of benzene rings is 1. The molecule has 0 unspecified atom stereocenters. The number of halogens is 1. The molecular formula is C22H19FN4O. The fraction of sp³-hybridized carbons (Fsp3) is 0.318. The van der Waals surface area contributed by atoms with Crippen molar-refractivity contribution < 1.29 is 9.18 Å². The Morgan fingerprint density at radius 1 is 1.29 bits per heavy atom. The largest absolute Gasteiger partial charge is 0.352 e. The van der Waals surface area contributed by atoms with E-state index < -0.39 is 5.95 Å². The molecular weight excluding hydrogens is 355 g/mol. The molecule has 1 N–H and O–H groups in total. The van der Waals surface area contributed by atoms with Crippen LogP contribution in [0.4, 0.5) is 4.39 Å². The van der Waals surface area contributed by atoms with Crippen molar-refractivity contribution in [1.29, 1.82) is 5.26 Å². The Bertz CT molecular complexity index is 1140. The van der Waals surface area contributed by atoms with Crippen LogP contribution < -0.4 is 5.32 Å². The Hall–Kier alpha value is -3.20. The number of nitrogens with one attached hydrogen (secondary N) is 1. The van der Waals surface area contributed by atoms with Gasteiger partial charge in [-0.3, -0.25) is 4.79 Å². The van der Waals surface area contributed by atoms with Crippen LogP contribution in [0.5, 0.6) is 0 Å². The maximum atomic E-state index is 13.6. The smallest absolute Gasteiger partial charge is 0.223 e. The number of pyridine rings is 1. The zero-order valence-corrected chi connectivity index (χ0v) is 15.3. The molecule has 1 amide bonds. The van der Waals surface area contributed by atoms with Gasteiger partial charge in [-0.15, -0.1) is 0 Å². The van der Waals surface area contributed by atoms with Gasteiger partial charge in [-0.25, -0.2) is 4.98 Å². The summed E-state index contributed by atoms with van der Waals surface area (Å²) in [6.45, 7) is 0.457. The molecule has 1 fully saturated rings. The van der Waals surface area contributed by atoms with E-state index in [1.165, 1.54) is 11.6 Å². The Kier molecular flexibility index (Phi) is 3.90. The predicted octanol–water partition coefficient (Wildman–Crippen LogP) is 3.09. The van der Waals surface area contributed by atoms with E-state index in [9.17, 15) is 14.4 Å². The minimum Gasteiger partial charge on any atom is -0.352 e. The highest BCUT2D eigenvalue weighted by atomic mass is 19.1. The molecule has 5 nitrogen and oxygen atoms in total. The van der Waals surface area contributed by atoms with Crippen LogP contribution in [-0.4, -0.2) is 21.5 Å². The van der Waals surface area contributed by atoms with Gasteiger partial charge in [0, 0.05) is 35.0 Å². The Morgan fingerprint density at radius 3 is 2.89 bits per heavy atom. The lowest BCUT2D eigenvalue weighted by molar-refractivity contribution is -0.122. The topological polar surface area (TPSA) is 70.7 Å². The third-order valence-electron chi connectivity index (χ3n) is 5.69. The van der Waals surface area contributed by atoms with Gasteiger partial charge in [0.05, 0.1) is 23.9 Å². The van der Waals surface area contributed by atoms with E-state index in [2.05, 4.69) is 20.9 Å². The third kappa shape index (κ3) is 2.93. The maximum absolute atomic E-state index is 13.6. The molecule has 0 saturated heterocycles. The quantitative estimate of drug-likeness (QED) is 0.714. The van der Waals surface area contributed by atoms with E-state index in [4.69, 9.17) is 0 Å². The van der Waals surface area contributed by atoms with E-state index in [1.807, 2.05) is 18.2 Å². The van der Waals surface area contributed by atoms with Crippen molar-refractivity contribution in [2.75, 3.05) is 0 Å². The summed E-state index contributed by atoms with van der Waals surface area (Å²) in [5.74, 6) is -0.164. The van der Waals surface area contributed by atoms with Crippen LogP contribution in [0.2, 0.25) is 0 Å². The summed E-state index contributed by atoms with van der Waals surface area (Å²) in [5, 5.41) is 13.5. The fourth-order valence-corrected chi connectivity index (χ4v) is 4.21. The number of nitrogens with zero attached hydrogens (tertiary/aromatic N) is 3. The van der Waals surface area contributed by atoms with Gasteiger partial charge in [-0.2, -0.15) is 9.65 Å². The van der Waals surface area contributed by atoms with E-state index >= 15 is 0 Å². The second-order valence-electron chi connectivity index (χ2n) is 7.69. The second kappa shape index (κ2) is 6.45. The van der Waals surface area contributed by atoms with Crippen LogP contribution in [0.25, 0.3) is 10.9 Å². The molecule has 0 spiro atoms. The van der Waals surface area contributed by atoms with Crippen molar-refractivity contribution in [3.8, 4) is 6.07 Å². The Morgan fingerprint density at radius 2 is 2.14 bits per heavy atom. The number of rotatable bonds is 4. The van der Waals surface area contributed by atoms with Crippen LogP contribution in [0, 0.1) is 23.2 Å². The number of hydrogen-bond acceptors (Lipinski definition) is 3. The van der Waals surface area contributed by atoms with Gasteiger partial charge in [-0.05, 0) is 55.2 Å². The molecule has 28 heavy (non-hydrogen) atoms. The van der Waals surface area contributed by atoms with Gasteiger partial charge in [-0.1, -0.05) is 6.07 Å². The molecule has 2 aromatic heterocycles. The molecule has 0 radical (unpaired) electrons. The number of carbonyl (C=O) groups excluding carboxylic acids is 1. The molecule has 1 atom stereocenters. The monoisotopic (exact) mass is 374 g/mol. The first-order valence-electron chi connectivity index (χ1n) is 9.58. The third-order valence-corrected chi connectivity index (χ3v) is 5.69. The molecule has 2 aliphatic rings. The second-order valence-corrected chi connectivity index (χ2v) is 7.69. The van der Waals surface area contributed by atoms with Crippen molar-refractivity contribution in [3.05, 3.63) is 64.9 Å². The molecule has 5 rings (SSSR count). The molecule has 2 heterocycles. The van der Waals surface area contributed by atoms with Crippen molar-refractivity contribution in [1.82, 2.24) is 14.9 Å². The van der Waals surface area contributed by atoms with Crippen LogP contribution >= 0.6 is 0 Å². The molecule has 1 aromatic carbocycles. The highest BCUT2D eigenvalue weighted by molar-refractivity contribution is 5.88. The van der Waals surface area contributed by atoms with Crippen molar-refractivity contribution >= 4 is 16.8 Å². The molecule has 1 saturated carbocycles. The lowest BCUT2D eigenvalue weighted by atomic mass is 10.1. The first kappa shape index (κ1) is 16.9. The Balaban J connectivity index is 1.54. The van der Waals surface area contributed by atoms with Crippen molar-refractivity contribution in [2.45, 2.75) is 38.3 Å². The molecule has 6 heteroatoms. The van der Waals surface area contributed by atoms with Gasteiger partial charge in [0.2, 0.25) is 11.9 Å². The van der Waals surface area contributed by atoms with Crippen molar-refractivity contribution in [2.24, 2.45) is 5.92 Å². The van der Waals surface area contributed by atoms with Crippen LogP contribution in [0.15, 0.2) is 36.4 Å². The summed E-state index contributed by atoms with van der Waals surface area (Å²) in [4.78, 5) is 16.2. The van der Waals surface area contributed by atoms with Crippen LogP contribution in [-0.2, 0) is 24.2 Å². The highest BCUT2D eigenvalue weighted by Crippen LogP contribution is 2.35. The van der Waals surface area contributed by atoms with Crippen molar-refractivity contribution in [3.63, 3.8) is 0 Å². The lowest BCUT2D eigenvalue weighted by Crippen LogP contribution is -2.36. The summed E-state index contributed by atoms with van der Waals surface area (Å²) < 4.78 is 15.7. The van der Waals surface area contributed by atoms with E-state index in [0.717, 1.165) is 42.3 Å². The van der Waals surface area contributed by atoms with Gasteiger partial charge in [0.1, 0.15) is 0 Å². The summed E-state index contributed by atoms with van der Waals surface area (Å²) in [5.41, 5.74) is 4.58. The Labute approximate surface area is 161 Å². The van der Waals surface area contributed by atoms with Crippen LogP contribution in [0.1, 0.15) is 35.4 Å². The number of carbonyl (C=O) groups is 1. The van der Waals surface area contributed by atoms with Crippen LogP contribution in [0.3, 0.4) is 0 Å². The average Bonchev–Trinajstić information content (AvgIpc) is 3.41. The standard InChI is InChI=1S/C22H19FN4O/c23-21-3-1-2-15(25-21)12-27-19-7-4-13(11-24)8-17(19)18-9-16(10-20(18)27)26-22(28)14-5-6-14/h1-4,7-8,14,16H,5-6,9-10,12H2,(H,26,28)/t16-/m1/s1. The van der Waals surface area contributed by atoms with E-state index in [-0.39, 0.29) is 17.9 Å². The molecule has 2 aliphatic carbocycles. The van der Waals surface area contributed by atoms with Gasteiger partial charge >= 0.3 is 0 Å². The number of amides is 1. The summed E-state index contributed by atoms with van der Waals surface area (Å²) >= 11 is 0. The molecule has 0 aliphatic heterocycles. The average molecular weight is 374 g/mol.